The summed E-state index contributed by atoms with van der Waals surface area (Å²) in [6, 6.07) is 7.63. The van der Waals surface area contributed by atoms with Gasteiger partial charge in [-0.3, -0.25) is 0 Å². The summed E-state index contributed by atoms with van der Waals surface area (Å²) in [5.41, 5.74) is 7.40. The van der Waals surface area contributed by atoms with Crippen LogP contribution in [0.2, 0.25) is 0 Å². The number of carbonyl (C=O) groups excluding carboxylic acids is 1. The number of rotatable bonds is 4. The molecular weight excluding hydrogens is 246 g/mol. The van der Waals surface area contributed by atoms with Gasteiger partial charge in [0.15, 0.2) is 0 Å². The Morgan fingerprint density at radius 2 is 2.17 bits per heavy atom. The van der Waals surface area contributed by atoms with Crippen molar-refractivity contribution in [1.29, 1.82) is 0 Å². The number of thiocarbonyl (C=S) groups is 1. The fourth-order valence-corrected chi connectivity index (χ4v) is 1.65. The molecule has 0 bridgehead atoms. The zero-order chi connectivity index (χ0) is 13.7. The van der Waals surface area contributed by atoms with E-state index in [1.54, 1.807) is 11.9 Å². The van der Waals surface area contributed by atoms with Crippen LogP contribution in [0.1, 0.15) is 25.0 Å². The molecule has 0 spiro atoms. The standard InChI is InChI=1S/C13H19N3OS/c1-9(2)15-13(17)16(3)8-10-5-4-6-11(7-10)12(14)18/h4-7,9H,8H2,1-3H3,(H2,14,18)(H,15,17). The lowest BCUT2D eigenvalue weighted by Gasteiger charge is -2.20. The van der Waals surface area contributed by atoms with Crippen LogP contribution in [-0.2, 0) is 6.54 Å². The molecule has 0 unspecified atom stereocenters. The van der Waals surface area contributed by atoms with Crippen LogP contribution in [0.25, 0.3) is 0 Å². The first-order valence-electron chi connectivity index (χ1n) is 5.80. The Labute approximate surface area is 113 Å². The van der Waals surface area contributed by atoms with Crippen molar-refractivity contribution in [3.05, 3.63) is 35.4 Å². The summed E-state index contributed by atoms with van der Waals surface area (Å²) in [5.74, 6) is 0. The van der Waals surface area contributed by atoms with Crippen molar-refractivity contribution in [1.82, 2.24) is 10.2 Å². The van der Waals surface area contributed by atoms with Crippen LogP contribution in [0.5, 0.6) is 0 Å². The van der Waals surface area contributed by atoms with Crippen LogP contribution < -0.4 is 11.1 Å². The second-order valence-electron chi connectivity index (χ2n) is 4.52. The number of amides is 2. The lowest BCUT2D eigenvalue weighted by atomic mass is 10.1. The third kappa shape index (κ3) is 4.33. The predicted molar refractivity (Wildman–Crippen MR) is 77.5 cm³/mol. The number of urea groups is 1. The zero-order valence-electron chi connectivity index (χ0n) is 10.9. The van der Waals surface area contributed by atoms with Crippen molar-refractivity contribution in [3.8, 4) is 0 Å². The molecule has 0 aliphatic rings. The molecule has 0 radical (unpaired) electrons. The molecule has 1 aromatic carbocycles. The minimum Gasteiger partial charge on any atom is -0.389 e. The molecular formula is C13H19N3OS. The molecule has 98 valence electrons. The lowest BCUT2D eigenvalue weighted by Crippen LogP contribution is -2.40. The molecule has 0 aromatic heterocycles. The Morgan fingerprint density at radius 3 is 2.72 bits per heavy atom. The van der Waals surface area contributed by atoms with Crippen molar-refractivity contribution in [2.45, 2.75) is 26.4 Å². The molecule has 18 heavy (non-hydrogen) atoms. The average Bonchev–Trinajstić information content (AvgIpc) is 2.28. The molecule has 2 amide bonds. The Bertz CT molecular complexity index is 446. The van der Waals surface area contributed by atoms with Crippen LogP contribution in [0.4, 0.5) is 4.79 Å². The smallest absolute Gasteiger partial charge is 0.317 e. The molecule has 0 heterocycles. The van der Waals surface area contributed by atoms with E-state index in [9.17, 15) is 4.79 Å². The fraction of sp³-hybridized carbons (Fsp3) is 0.385. The van der Waals surface area contributed by atoms with Gasteiger partial charge in [0.1, 0.15) is 4.99 Å². The van der Waals surface area contributed by atoms with E-state index in [0.717, 1.165) is 11.1 Å². The van der Waals surface area contributed by atoms with Gasteiger partial charge < -0.3 is 16.0 Å². The van der Waals surface area contributed by atoms with E-state index in [-0.39, 0.29) is 12.1 Å². The van der Waals surface area contributed by atoms with Crippen molar-refractivity contribution in [3.63, 3.8) is 0 Å². The van der Waals surface area contributed by atoms with Gasteiger partial charge in [-0.15, -0.1) is 0 Å². The van der Waals surface area contributed by atoms with E-state index < -0.39 is 0 Å². The van der Waals surface area contributed by atoms with Crippen molar-refractivity contribution in [2.24, 2.45) is 5.73 Å². The fourth-order valence-electron chi connectivity index (χ4n) is 1.53. The molecule has 5 heteroatoms. The van der Waals surface area contributed by atoms with Gasteiger partial charge in [-0.2, -0.15) is 0 Å². The van der Waals surface area contributed by atoms with Crippen LogP contribution in [-0.4, -0.2) is 29.0 Å². The minimum atomic E-state index is -0.0919. The second kappa shape index (κ2) is 6.35. The van der Waals surface area contributed by atoms with Crippen molar-refractivity contribution >= 4 is 23.2 Å². The number of carbonyl (C=O) groups is 1. The van der Waals surface area contributed by atoms with Crippen molar-refractivity contribution < 1.29 is 4.79 Å². The van der Waals surface area contributed by atoms with Gasteiger partial charge in [0, 0.05) is 25.2 Å². The highest BCUT2D eigenvalue weighted by Gasteiger charge is 2.10. The number of nitrogens with one attached hydrogen (secondary N) is 1. The van der Waals surface area contributed by atoms with E-state index in [4.69, 9.17) is 18.0 Å². The molecule has 0 atom stereocenters. The van der Waals surface area contributed by atoms with Crippen molar-refractivity contribution in [2.75, 3.05) is 7.05 Å². The largest absolute Gasteiger partial charge is 0.389 e. The third-order valence-corrected chi connectivity index (χ3v) is 2.63. The van der Waals surface area contributed by atoms with Crippen LogP contribution >= 0.6 is 12.2 Å². The highest BCUT2D eigenvalue weighted by molar-refractivity contribution is 7.80. The predicted octanol–water partition coefficient (Wildman–Crippen LogP) is 1.87. The second-order valence-corrected chi connectivity index (χ2v) is 4.96. The molecule has 0 aliphatic heterocycles. The summed E-state index contributed by atoms with van der Waals surface area (Å²) < 4.78 is 0. The highest BCUT2D eigenvalue weighted by Crippen LogP contribution is 2.08. The first-order chi connectivity index (χ1) is 8.40. The monoisotopic (exact) mass is 265 g/mol. The number of hydrogen-bond donors (Lipinski definition) is 2. The molecule has 0 aliphatic carbocycles. The maximum atomic E-state index is 11.7. The van der Waals surface area contributed by atoms with Crippen LogP contribution in [0.3, 0.4) is 0 Å². The minimum absolute atomic E-state index is 0.0919. The van der Waals surface area contributed by atoms with Gasteiger partial charge in [0.25, 0.3) is 0 Å². The van der Waals surface area contributed by atoms with Crippen LogP contribution in [0, 0.1) is 0 Å². The maximum Gasteiger partial charge on any atom is 0.317 e. The summed E-state index contributed by atoms with van der Waals surface area (Å²) in [6.07, 6.45) is 0. The maximum absolute atomic E-state index is 11.7. The quantitative estimate of drug-likeness (QED) is 0.817. The third-order valence-electron chi connectivity index (χ3n) is 2.39. The summed E-state index contributed by atoms with van der Waals surface area (Å²) in [4.78, 5) is 13.7. The zero-order valence-corrected chi connectivity index (χ0v) is 11.8. The molecule has 3 N–H and O–H groups in total. The van der Waals surface area contributed by atoms with Gasteiger partial charge >= 0.3 is 6.03 Å². The molecule has 0 saturated heterocycles. The molecule has 0 saturated carbocycles. The van der Waals surface area contributed by atoms with E-state index >= 15 is 0 Å². The van der Waals surface area contributed by atoms with Gasteiger partial charge in [-0.25, -0.2) is 4.79 Å². The topological polar surface area (TPSA) is 58.4 Å². The first-order valence-corrected chi connectivity index (χ1v) is 6.21. The number of nitrogens with two attached hydrogens (primary N) is 1. The van der Waals surface area contributed by atoms with Gasteiger partial charge in [-0.05, 0) is 25.5 Å². The van der Waals surface area contributed by atoms with Gasteiger partial charge in [0.2, 0.25) is 0 Å². The van der Waals surface area contributed by atoms with E-state index in [1.165, 1.54) is 0 Å². The Hall–Kier alpha value is -1.62. The summed E-state index contributed by atoms with van der Waals surface area (Å²) in [7, 11) is 1.76. The van der Waals surface area contributed by atoms with E-state index in [0.29, 0.717) is 11.5 Å². The Balaban J connectivity index is 2.69. The van der Waals surface area contributed by atoms with E-state index in [1.807, 2.05) is 38.1 Å². The summed E-state index contributed by atoms with van der Waals surface area (Å²) >= 11 is 4.93. The Kier molecular flexibility index (Phi) is 5.09. The number of nitrogens with zero attached hydrogens (tertiary/aromatic N) is 1. The summed E-state index contributed by atoms with van der Waals surface area (Å²) in [5, 5.41) is 2.84. The number of hydrogen-bond acceptors (Lipinski definition) is 2. The van der Waals surface area contributed by atoms with Gasteiger partial charge in [0.05, 0.1) is 0 Å². The van der Waals surface area contributed by atoms with E-state index in [2.05, 4.69) is 5.32 Å². The molecule has 1 rings (SSSR count). The number of benzene rings is 1. The first kappa shape index (κ1) is 14.4. The Morgan fingerprint density at radius 1 is 1.50 bits per heavy atom. The molecule has 1 aromatic rings. The highest BCUT2D eigenvalue weighted by atomic mass is 32.1. The SMILES string of the molecule is CC(C)NC(=O)N(C)Cc1cccc(C(N)=S)c1. The summed E-state index contributed by atoms with van der Waals surface area (Å²) in [6.45, 7) is 4.38. The molecule has 4 nitrogen and oxygen atoms in total. The lowest BCUT2D eigenvalue weighted by molar-refractivity contribution is 0.204. The normalized spacial score (nSPS) is 10.2. The average molecular weight is 265 g/mol. The van der Waals surface area contributed by atoms with Crippen LogP contribution in [0.15, 0.2) is 24.3 Å². The van der Waals surface area contributed by atoms with Gasteiger partial charge in [-0.1, -0.05) is 30.4 Å². The molecule has 0 fully saturated rings.